The van der Waals surface area contributed by atoms with Crippen molar-refractivity contribution in [2.45, 2.75) is 75.9 Å². The highest BCUT2D eigenvalue weighted by atomic mass is 16.5. The van der Waals surface area contributed by atoms with Crippen LogP contribution in [0.1, 0.15) is 63.8 Å². The van der Waals surface area contributed by atoms with Crippen LogP contribution in [0.15, 0.2) is 6.33 Å². The third kappa shape index (κ3) is 5.15. The second-order valence-corrected chi connectivity index (χ2v) is 9.65. The minimum atomic E-state index is 0.337. The summed E-state index contributed by atoms with van der Waals surface area (Å²) in [7, 11) is 0. The molecule has 176 valence electrons. The zero-order valence-corrected chi connectivity index (χ0v) is 19.1. The summed E-state index contributed by atoms with van der Waals surface area (Å²) in [6.07, 6.45) is 12.3. The number of nitrogens with two attached hydrogens (primary N) is 1. The van der Waals surface area contributed by atoms with Gasteiger partial charge in [-0.3, -0.25) is 4.90 Å². The summed E-state index contributed by atoms with van der Waals surface area (Å²) in [4.78, 5) is 17.0. The largest absolute Gasteiger partial charge is 0.379 e. The molecule has 9 heteroatoms. The molecule has 0 amide bonds. The number of ether oxygens (including phenoxy) is 1. The number of hydrogen-bond donors (Lipinski definition) is 3. The van der Waals surface area contributed by atoms with Crippen LogP contribution in [0.25, 0.3) is 11.2 Å². The van der Waals surface area contributed by atoms with Crippen LogP contribution in [0.3, 0.4) is 0 Å². The Labute approximate surface area is 190 Å². The van der Waals surface area contributed by atoms with E-state index in [1.165, 1.54) is 25.7 Å². The molecule has 0 aromatic carbocycles. The number of imidazole rings is 1. The maximum absolute atomic E-state index is 6.10. The van der Waals surface area contributed by atoms with E-state index >= 15 is 0 Å². The predicted octanol–water partition coefficient (Wildman–Crippen LogP) is 2.76. The van der Waals surface area contributed by atoms with Crippen molar-refractivity contribution in [3.8, 4) is 0 Å². The molecule has 3 fully saturated rings. The second kappa shape index (κ2) is 10.3. The van der Waals surface area contributed by atoms with E-state index in [9.17, 15) is 0 Å². The number of nitrogens with zero attached hydrogens (tertiary/aromatic N) is 5. The Kier molecular flexibility index (Phi) is 7.04. The van der Waals surface area contributed by atoms with Crippen LogP contribution >= 0.6 is 0 Å². The van der Waals surface area contributed by atoms with Crippen LogP contribution in [-0.4, -0.2) is 75.9 Å². The maximum atomic E-state index is 6.10. The van der Waals surface area contributed by atoms with Gasteiger partial charge in [-0.25, -0.2) is 4.98 Å². The maximum Gasteiger partial charge on any atom is 0.227 e. The molecule has 3 heterocycles. The van der Waals surface area contributed by atoms with E-state index in [2.05, 4.69) is 20.1 Å². The van der Waals surface area contributed by atoms with E-state index in [0.717, 1.165) is 88.5 Å². The van der Waals surface area contributed by atoms with Crippen LogP contribution in [0.4, 0.5) is 11.8 Å². The van der Waals surface area contributed by atoms with E-state index in [-0.39, 0.29) is 0 Å². The minimum Gasteiger partial charge on any atom is -0.379 e. The number of anilines is 2. The third-order valence-electron chi connectivity index (χ3n) is 7.29. The fraction of sp³-hybridized carbons (Fsp3) is 0.783. The first-order valence-corrected chi connectivity index (χ1v) is 12.6. The smallest absolute Gasteiger partial charge is 0.227 e. The molecule has 32 heavy (non-hydrogen) atoms. The third-order valence-corrected chi connectivity index (χ3v) is 7.29. The molecule has 0 spiro atoms. The van der Waals surface area contributed by atoms with Gasteiger partial charge < -0.3 is 25.7 Å². The molecule has 0 unspecified atom stereocenters. The van der Waals surface area contributed by atoms with Gasteiger partial charge in [0, 0.05) is 37.8 Å². The van der Waals surface area contributed by atoms with Crippen molar-refractivity contribution >= 4 is 22.9 Å². The molecule has 5 rings (SSSR count). The number of nitrogens with one attached hydrogen (secondary N) is 2. The normalized spacial score (nSPS) is 25.4. The summed E-state index contributed by atoms with van der Waals surface area (Å²) in [5.74, 6) is 1.57. The average molecular weight is 443 g/mol. The van der Waals surface area contributed by atoms with E-state index in [1.807, 2.05) is 6.33 Å². The van der Waals surface area contributed by atoms with Crippen molar-refractivity contribution in [3.63, 3.8) is 0 Å². The number of rotatable bonds is 8. The fourth-order valence-corrected chi connectivity index (χ4v) is 5.33. The molecular weight excluding hydrogens is 404 g/mol. The summed E-state index contributed by atoms with van der Waals surface area (Å²) in [6.45, 7) is 5.71. The molecule has 4 N–H and O–H groups in total. The lowest BCUT2D eigenvalue weighted by Gasteiger charge is -2.27. The molecule has 3 aliphatic rings. The van der Waals surface area contributed by atoms with Crippen LogP contribution in [-0.2, 0) is 4.74 Å². The van der Waals surface area contributed by atoms with Gasteiger partial charge in [0.15, 0.2) is 17.0 Å². The van der Waals surface area contributed by atoms with Crippen LogP contribution in [0.5, 0.6) is 0 Å². The molecule has 0 atom stereocenters. The molecule has 2 aliphatic carbocycles. The van der Waals surface area contributed by atoms with E-state index in [0.29, 0.717) is 24.1 Å². The van der Waals surface area contributed by atoms with Gasteiger partial charge in [0.25, 0.3) is 0 Å². The van der Waals surface area contributed by atoms with Crippen LogP contribution in [0, 0.1) is 0 Å². The Balaban J connectivity index is 1.31. The van der Waals surface area contributed by atoms with Crippen LogP contribution in [0.2, 0.25) is 0 Å². The SMILES string of the molecule is NC1CCC(Nc2nc(NCCCN3CCOCC3)c3ncn(C4CCCC4)c3n2)CC1. The van der Waals surface area contributed by atoms with Gasteiger partial charge in [-0.15, -0.1) is 0 Å². The number of hydrogen-bond acceptors (Lipinski definition) is 8. The molecule has 2 aromatic rings. The van der Waals surface area contributed by atoms with E-state index < -0.39 is 0 Å². The zero-order chi connectivity index (χ0) is 21.8. The Morgan fingerprint density at radius 2 is 1.81 bits per heavy atom. The molecule has 0 radical (unpaired) electrons. The lowest BCUT2D eigenvalue weighted by atomic mass is 9.92. The zero-order valence-electron chi connectivity index (χ0n) is 19.1. The summed E-state index contributed by atoms with van der Waals surface area (Å²) < 4.78 is 7.73. The Morgan fingerprint density at radius 3 is 2.59 bits per heavy atom. The highest BCUT2D eigenvalue weighted by molar-refractivity contribution is 5.84. The van der Waals surface area contributed by atoms with Gasteiger partial charge >= 0.3 is 0 Å². The summed E-state index contributed by atoms with van der Waals surface area (Å²) in [5, 5.41) is 7.17. The van der Waals surface area contributed by atoms with Crippen LogP contribution < -0.4 is 16.4 Å². The standard InChI is InChI=1S/C23H38N8O/c24-17-6-8-18(9-7-17)27-23-28-21(25-10-3-11-30-12-14-32-15-13-30)20-22(29-23)31(16-26-20)19-4-1-2-5-19/h16-19H,1-15,24H2,(H2,25,27,28,29). The number of aromatic nitrogens is 4. The summed E-state index contributed by atoms with van der Waals surface area (Å²) in [6, 6.07) is 1.23. The average Bonchev–Trinajstić information content (AvgIpc) is 3.49. The Bertz CT molecular complexity index is 866. The minimum absolute atomic E-state index is 0.337. The topological polar surface area (TPSA) is 106 Å². The molecule has 2 saturated carbocycles. The highest BCUT2D eigenvalue weighted by Gasteiger charge is 2.24. The van der Waals surface area contributed by atoms with Crippen molar-refractivity contribution in [2.24, 2.45) is 5.73 Å². The van der Waals surface area contributed by atoms with Gasteiger partial charge in [0.2, 0.25) is 5.95 Å². The van der Waals surface area contributed by atoms with E-state index in [1.54, 1.807) is 0 Å². The van der Waals surface area contributed by atoms with Gasteiger partial charge in [0.1, 0.15) is 0 Å². The number of fused-ring (bicyclic) bond motifs is 1. The van der Waals surface area contributed by atoms with Crippen molar-refractivity contribution in [2.75, 3.05) is 50.0 Å². The summed E-state index contributed by atoms with van der Waals surface area (Å²) in [5.41, 5.74) is 7.94. The first kappa shape index (κ1) is 21.9. The molecule has 2 aromatic heterocycles. The van der Waals surface area contributed by atoms with Gasteiger partial charge in [-0.1, -0.05) is 12.8 Å². The van der Waals surface area contributed by atoms with Crippen molar-refractivity contribution in [1.29, 1.82) is 0 Å². The monoisotopic (exact) mass is 442 g/mol. The lowest BCUT2D eigenvalue weighted by Crippen LogP contribution is -2.37. The van der Waals surface area contributed by atoms with Gasteiger partial charge in [0.05, 0.1) is 19.5 Å². The Morgan fingerprint density at radius 1 is 1.03 bits per heavy atom. The van der Waals surface area contributed by atoms with Gasteiger partial charge in [-0.05, 0) is 51.5 Å². The van der Waals surface area contributed by atoms with Crippen molar-refractivity contribution in [3.05, 3.63) is 6.33 Å². The second-order valence-electron chi connectivity index (χ2n) is 9.65. The van der Waals surface area contributed by atoms with Gasteiger partial charge in [-0.2, -0.15) is 9.97 Å². The molecule has 9 nitrogen and oxygen atoms in total. The molecule has 1 aliphatic heterocycles. The summed E-state index contributed by atoms with van der Waals surface area (Å²) >= 11 is 0. The predicted molar refractivity (Wildman–Crippen MR) is 127 cm³/mol. The quantitative estimate of drug-likeness (QED) is 0.536. The number of morpholine rings is 1. The highest BCUT2D eigenvalue weighted by Crippen LogP contribution is 2.33. The first-order chi connectivity index (χ1) is 15.8. The lowest BCUT2D eigenvalue weighted by molar-refractivity contribution is 0.0378. The molecule has 0 bridgehead atoms. The van der Waals surface area contributed by atoms with Crippen molar-refractivity contribution < 1.29 is 4.74 Å². The Hall–Kier alpha value is -1.97. The fourth-order valence-electron chi connectivity index (χ4n) is 5.33. The van der Waals surface area contributed by atoms with E-state index in [4.69, 9.17) is 25.4 Å². The molecule has 1 saturated heterocycles. The molecular formula is C23H38N8O. The first-order valence-electron chi connectivity index (χ1n) is 12.6. The van der Waals surface area contributed by atoms with Crippen molar-refractivity contribution in [1.82, 2.24) is 24.4 Å².